The van der Waals surface area contributed by atoms with E-state index in [2.05, 4.69) is 4.84 Å². The van der Waals surface area contributed by atoms with Crippen molar-refractivity contribution >= 4 is 29.6 Å². The van der Waals surface area contributed by atoms with Gasteiger partial charge in [-0.2, -0.15) is 0 Å². The van der Waals surface area contributed by atoms with Gasteiger partial charge in [-0.1, -0.05) is 60.2 Å². The number of carbonyl (C=O) groups excluding carboxylic acids is 2. The lowest BCUT2D eigenvalue weighted by atomic mass is 9.89. The Morgan fingerprint density at radius 3 is 2.56 bits per heavy atom. The predicted molar refractivity (Wildman–Crippen MR) is 185 cm³/mol. The molecule has 0 amide bonds. The Labute approximate surface area is 297 Å². The standard InChI is InChI=1S/C37H48ClNO11/c1-47-35-24-27(10-7-21-48-36(43)14-8-22-49-39(45)46)16-20-34(35)50-37(44)13-5-3-2-4-12-30-31(33(42)25-32(30)41)19-18-29(40)17-15-26-9-6-11-28(38)23-26/h2,4,6-7,9-11,16,18-20,23-24,29-33,40-42,45-46H,3,5,8,12-15,17,21-22,25H2,1H3/b4-2-,10-7+,19-18+/t29-,30+,31+,32-,33+/m0/s1. The quantitative estimate of drug-likeness (QED) is 0.0355. The molecule has 5 N–H and O–H groups in total. The highest BCUT2D eigenvalue weighted by Gasteiger charge is 2.39. The minimum Gasteiger partial charge on any atom is -0.493 e. The zero-order valence-electron chi connectivity index (χ0n) is 28.2. The van der Waals surface area contributed by atoms with Crippen LogP contribution in [-0.4, -0.2) is 81.7 Å². The molecule has 0 heterocycles. The topological polar surface area (TPSA) is 175 Å². The van der Waals surface area contributed by atoms with Crippen molar-refractivity contribution in [2.75, 3.05) is 20.3 Å². The fraction of sp³-hybridized carbons (Fsp3) is 0.459. The van der Waals surface area contributed by atoms with Crippen LogP contribution in [0.25, 0.3) is 6.08 Å². The number of aryl methyl sites for hydroxylation is 1. The first-order valence-electron chi connectivity index (χ1n) is 16.7. The van der Waals surface area contributed by atoms with E-state index >= 15 is 0 Å². The summed E-state index contributed by atoms with van der Waals surface area (Å²) in [6.07, 6.45) is 12.5. The van der Waals surface area contributed by atoms with Gasteiger partial charge in [0.25, 0.3) is 0 Å². The summed E-state index contributed by atoms with van der Waals surface area (Å²) < 4.78 is 16.0. The molecule has 1 aliphatic rings. The van der Waals surface area contributed by atoms with Crippen LogP contribution < -0.4 is 9.47 Å². The second kappa shape index (κ2) is 22.3. The third-order valence-electron chi connectivity index (χ3n) is 8.21. The van der Waals surface area contributed by atoms with Crippen molar-refractivity contribution < 1.29 is 54.4 Å². The molecule has 0 aromatic heterocycles. The number of methoxy groups -OCH3 is 1. The molecule has 0 spiro atoms. The van der Waals surface area contributed by atoms with Crippen LogP contribution in [0.2, 0.25) is 5.02 Å². The molecule has 50 heavy (non-hydrogen) atoms. The average molecular weight is 718 g/mol. The summed E-state index contributed by atoms with van der Waals surface area (Å²) in [6.45, 7) is -0.0125. The van der Waals surface area contributed by atoms with Gasteiger partial charge in [0, 0.05) is 30.2 Å². The molecule has 5 atom stereocenters. The molecule has 13 heteroatoms. The number of allylic oxidation sites excluding steroid dienone is 2. The molecule has 1 saturated carbocycles. The third kappa shape index (κ3) is 15.1. The second-order valence-corrected chi connectivity index (χ2v) is 12.4. The van der Waals surface area contributed by atoms with E-state index in [1.807, 2.05) is 36.4 Å². The van der Waals surface area contributed by atoms with E-state index in [-0.39, 0.29) is 56.5 Å². The number of aliphatic hydroxyl groups is 3. The number of carbonyl (C=O) groups is 2. The number of aliphatic hydroxyl groups excluding tert-OH is 3. The number of ether oxygens (including phenoxy) is 3. The number of unbranched alkanes of at least 4 members (excludes halogenated alkanes) is 1. The fourth-order valence-corrected chi connectivity index (χ4v) is 5.82. The van der Waals surface area contributed by atoms with Crippen LogP contribution in [0.1, 0.15) is 62.5 Å². The number of benzene rings is 2. The van der Waals surface area contributed by atoms with E-state index in [4.69, 9.17) is 36.2 Å². The van der Waals surface area contributed by atoms with Gasteiger partial charge in [-0.05, 0) is 85.9 Å². The molecular weight excluding hydrogens is 670 g/mol. The monoisotopic (exact) mass is 717 g/mol. The highest BCUT2D eigenvalue weighted by molar-refractivity contribution is 6.30. The van der Waals surface area contributed by atoms with Gasteiger partial charge < -0.3 is 29.5 Å². The lowest BCUT2D eigenvalue weighted by Crippen LogP contribution is -2.20. The van der Waals surface area contributed by atoms with Crippen LogP contribution in [0, 0.1) is 11.8 Å². The van der Waals surface area contributed by atoms with Crippen molar-refractivity contribution in [3.8, 4) is 11.5 Å². The number of hydrogen-bond acceptors (Lipinski definition) is 12. The van der Waals surface area contributed by atoms with Crippen LogP contribution in [0.15, 0.2) is 72.8 Å². The van der Waals surface area contributed by atoms with Crippen molar-refractivity contribution in [2.24, 2.45) is 11.8 Å². The zero-order chi connectivity index (χ0) is 36.3. The maximum atomic E-state index is 12.5. The summed E-state index contributed by atoms with van der Waals surface area (Å²) in [7, 11) is 1.47. The summed E-state index contributed by atoms with van der Waals surface area (Å²) in [5.41, 5.74) is 1.78. The lowest BCUT2D eigenvalue weighted by Gasteiger charge is -2.19. The van der Waals surface area contributed by atoms with Crippen molar-refractivity contribution in [3.63, 3.8) is 0 Å². The molecule has 0 unspecified atom stereocenters. The zero-order valence-corrected chi connectivity index (χ0v) is 28.9. The molecule has 0 saturated heterocycles. The highest BCUT2D eigenvalue weighted by atomic mass is 35.5. The van der Waals surface area contributed by atoms with E-state index in [1.54, 1.807) is 42.5 Å². The van der Waals surface area contributed by atoms with Crippen LogP contribution >= 0.6 is 11.6 Å². The highest BCUT2D eigenvalue weighted by Crippen LogP contribution is 2.36. The molecule has 274 valence electrons. The number of hydrogen-bond donors (Lipinski definition) is 5. The molecule has 12 nitrogen and oxygen atoms in total. The maximum absolute atomic E-state index is 12.5. The summed E-state index contributed by atoms with van der Waals surface area (Å²) in [4.78, 5) is 28.6. The van der Waals surface area contributed by atoms with E-state index in [0.29, 0.717) is 42.9 Å². The molecular formula is C37H48ClNO11. The molecule has 1 fully saturated rings. The molecule has 3 rings (SSSR count). The van der Waals surface area contributed by atoms with E-state index in [1.165, 1.54) is 7.11 Å². The van der Waals surface area contributed by atoms with E-state index in [9.17, 15) is 24.9 Å². The van der Waals surface area contributed by atoms with Gasteiger partial charge in [-0.3, -0.25) is 24.8 Å². The van der Waals surface area contributed by atoms with Crippen molar-refractivity contribution in [1.82, 2.24) is 5.39 Å². The minimum absolute atomic E-state index is 0.0382. The first-order valence-corrected chi connectivity index (χ1v) is 17.1. The van der Waals surface area contributed by atoms with Crippen molar-refractivity contribution in [1.29, 1.82) is 0 Å². The Kier molecular flexibility index (Phi) is 18.2. The van der Waals surface area contributed by atoms with Gasteiger partial charge in [0.2, 0.25) is 0 Å². The number of rotatable bonds is 21. The van der Waals surface area contributed by atoms with Crippen molar-refractivity contribution in [3.05, 3.63) is 89.0 Å². The Balaban J connectivity index is 1.37. The minimum atomic E-state index is -0.687. The smallest absolute Gasteiger partial charge is 0.311 e. The Morgan fingerprint density at radius 2 is 1.80 bits per heavy atom. The first kappa shape index (κ1) is 40.8. The van der Waals surface area contributed by atoms with Gasteiger partial charge in [-0.15, -0.1) is 0 Å². The summed E-state index contributed by atoms with van der Waals surface area (Å²) in [5, 5.41) is 48.7. The predicted octanol–water partition coefficient (Wildman–Crippen LogP) is 5.63. The molecule has 0 aliphatic heterocycles. The largest absolute Gasteiger partial charge is 0.493 e. The Bertz CT molecular complexity index is 1430. The molecule has 0 radical (unpaired) electrons. The third-order valence-corrected chi connectivity index (χ3v) is 8.45. The summed E-state index contributed by atoms with van der Waals surface area (Å²) >= 11 is 6.04. The van der Waals surface area contributed by atoms with Crippen LogP contribution in [0.4, 0.5) is 0 Å². The SMILES string of the molecule is COc1cc(/C=C/COC(=O)CCCON(O)O)ccc1OC(=O)CCC/C=C\C[C@@H]1[C@@H](/C=C/[C@@H](O)CCc2cccc(Cl)c2)[C@H](O)C[C@@H]1O. The summed E-state index contributed by atoms with van der Waals surface area (Å²) in [6, 6.07) is 12.6. The molecule has 2 aromatic rings. The van der Waals surface area contributed by atoms with Gasteiger partial charge in [0.05, 0.1) is 37.4 Å². The van der Waals surface area contributed by atoms with E-state index < -0.39 is 35.6 Å². The lowest BCUT2D eigenvalue weighted by molar-refractivity contribution is -0.492. The number of esters is 2. The Hall–Kier alpha value is -3.59. The second-order valence-electron chi connectivity index (χ2n) is 12.0. The number of nitrogens with zero attached hydrogens (tertiary/aromatic N) is 1. The first-order chi connectivity index (χ1) is 24.0. The molecule has 2 aromatic carbocycles. The fourth-order valence-electron chi connectivity index (χ4n) is 5.61. The van der Waals surface area contributed by atoms with Crippen LogP contribution in [0.5, 0.6) is 11.5 Å². The van der Waals surface area contributed by atoms with Gasteiger partial charge >= 0.3 is 11.9 Å². The maximum Gasteiger partial charge on any atom is 0.311 e. The van der Waals surface area contributed by atoms with Gasteiger partial charge in [-0.25, -0.2) is 0 Å². The van der Waals surface area contributed by atoms with Crippen molar-refractivity contribution in [2.45, 2.75) is 76.1 Å². The normalized spacial score (nSPS) is 19.9. The van der Waals surface area contributed by atoms with Gasteiger partial charge in [0.15, 0.2) is 11.5 Å². The molecule has 0 bridgehead atoms. The summed E-state index contributed by atoms with van der Waals surface area (Å²) in [5.74, 6) is -0.665. The average Bonchev–Trinajstić information content (AvgIpc) is 3.35. The van der Waals surface area contributed by atoms with Crippen LogP contribution in [-0.2, 0) is 25.6 Å². The van der Waals surface area contributed by atoms with Crippen LogP contribution in [0.3, 0.4) is 0 Å². The van der Waals surface area contributed by atoms with Gasteiger partial charge in [0.1, 0.15) is 6.61 Å². The molecule has 1 aliphatic carbocycles. The Morgan fingerprint density at radius 1 is 1.00 bits per heavy atom. The number of halogens is 1. The van der Waals surface area contributed by atoms with E-state index in [0.717, 1.165) is 11.1 Å².